The van der Waals surface area contributed by atoms with Crippen molar-refractivity contribution in [3.63, 3.8) is 0 Å². The minimum Gasteiger partial charge on any atom is -0.355 e. The van der Waals surface area contributed by atoms with Crippen LogP contribution in [0.4, 0.5) is 4.39 Å². The van der Waals surface area contributed by atoms with Gasteiger partial charge in [0.25, 0.3) is 5.91 Å². The molecule has 0 aliphatic heterocycles. The smallest absolute Gasteiger partial charge is 0.251 e. The first-order chi connectivity index (χ1) is 11.1. The maximum atomic E-state index is 13.5. The summed E-state index contributed by atoms with van der Waals surface area (Å²) in [6, 6.07) is 4.99. The van der Waals surface area contributed by atoms with E-state index in [-0.39, 0.29) is 35.7 Å². The summed E-state index contributed by atoms with van der Waals surface area (Å²) in [6.45, 7) is 2.68. The van der Waals surface area contributed by atoms with Crippen LogP contribution in [0.2, 0.25) is 0 Å². The van der Waals surface area contributed by atoms with Crippen molar-refractivity contribution in [3.8, 4) is 0 Å². The fraction of sp³-hybridized carbons (Fsp3) is 0.529. The Morgan fingerprint density at radius 3 is 2.54 bits per heavy atom. The van der Waals surface area contributed by atoms with Crippen LogP contribution in [-0.2, 0) is 0 Å². The van der Waals surface area contributed by atoms with Crippen LogP contribution in [0.3, 0.4) is 0 Å². The summed E-state index contributed by atoms with van der Waals surface area (Å²) in [6.07, 6.45) is 4.88. The molecule has 1 aliphatic rings. The van der Waals surface area contributed by atoms with Crippen LogP contribution in [0.25, 0.3) is 0 Å². The first-order valence-corrected chi connectivity index (χ1v) is 8.11. The highest BCUT2D eigenvalue weighted by Gasteiger charge is 2.15. The van der Waals surface area contributed by atoms with Crippen LogP contribution in [0.1, 0.15) is 41.6 Å². The topological polar surface area (TPSA) is 65.5 Å². The van der Waals surface area contributed by atoms with Crippen molar-refractivity contribution in [1.29, 1.82) is 0 Å². The zero-order valence-corrected chi connectivity index (χ0v) is 16.5. The number of aryl methyl sites for hydroxylation is 1. The number of amides is 1. The number of nitrogens with zero attached hydrogens (tertiary/aromatic N) is 1. The molecule has 0 saturated heterocycles. The molecular formula is C17H26FIN4O. The summed E-state index contributed by atoms with van der Waals surface area (Å²) in [4.78, 5) is 16.1. The molecule has 0 atom stereocenters. The van der Waals surface area contributed by atoms with Crippen molar-refractivity contribution >= 4 is 35.8 Å². The van der Waals surface area contributed by atoms with Gasteiger partial charge in [-0.2, -0.15) is 0 Å². The van der Waals surface area contributed by atoms with E-state index in [4.69, 9.17) is 0 Å². The van der Waals surface area contributed by atoms with E-state index in [1.807, 2.05) is 0 Å². The van der Waals surface area contributed by atoms with Gasteiger partial charge in [0.15, 0.2) is 5.96 Å². The third kappa shape index (κ3) is 6.26. The number of hydrogen-bond donors (Lipinski definition) is 3. The maximum absolute atomic E-state index is 13.5. The van der Waals surface area contributed by atoms with Gasteiger partial charge in [-0.15, -0.1) is 24.0 Å². The van der Waals surface area contributed by atoms with Gasteiger partial charge in [0.1, 0.15) is 5.82 Å². The summed E-state index contributed by atoms with van der Waals surface area (Å²) >= 11 is 0. The van der Waals surface area contributed by atoms with Gasteiger partial charge in [-0.3, -0.25) is 9.79 Å². The quantitative estimate of drug-likeness (QED) is 0.281. The number of carbonyl (C=O) groups is 1. The molecule has 1 aromatic rings. The lowest BCUT2D eigenvalue weighted by Gasteiger charge is -2.17. The van der Waals surface area contributed by atoms with Gasteiger partial charge in [-0.25, -0.2) is 4.39 Å². The second-order valence-corrected chi connectivity index (χ2v) is 5.84. The second-order valence-electron chi connectivity index (χ2n) is 5.84. The molecule has 0 unspecified atom stereocenters. The second kappa shape index (κ2) is 10.5. The summed E-state index contributed by atoms with van der Waals surface area (Å²) in [7, 11) is 1.73. The molecule has 3 N–H and O–H groups in total. The molecule has 1 fully saturated rings. The van der Waals surface area contributed by atoms with Crippen molar-refractivity contribution < 1.29 is 9.18 Å². The first kappa shape index (κ1) is 20.7. The maximum Gasteiger partial charge on any atom is 0.251 e. The molecular weight excluding hydrogens is 422 g/mol. The Morgan fingerprint density at radius 2 is 1.92 bits per heavy atom. The number of nitrogens with one attached hydrogen (secondary N) is 3. The number of guanidine groups is 1. The van der Waals surface area contributed by atoms with Crippen molar-refractivity contribution in [1.82, 2.24) is 16.0 Å². The fourth-order valence-electron chi connectivity index (χ4n) is 2.65. The zero-order chi connectivity index (χ0) is 16.7. The molecule has 0 heterocycles. The Morgan fingerprint density at radius 1 is 1.25 bits per heavy atom. The molecule has 5 nitrogen and oxygen atoms in total. The molecule has 0 bridgehead atoms. The molecule has 0 aromatic heterocycles. The van der Waals surface area contributed by atoms with Crippen molar-refractivity contribution in [2.45, 2.75) is 38.6 Å². The third-order valence-corrected chi connectivity index (χ3v) is 4.06. The lowest BCUT2D eigenvalue weighted by Crippen LogP contribution is -2.44. The summed E-state index contributed by atoms with van der Waals surface area (Å²) in [5, 5.41) is 9.32. The van der Waals surface area contributed by atoms with E-state index in [1.54, 1.807) is 26.1 Å². The van der Waals surface area contributed by atoms with E-state index < -0.39 is 0 Å². The Bertz CT molecular complexity index is 574. The lowest BCUT2D eigenvalue weighted by atomic mass is 10.1. The SMILES string of the molecule is CN=C(NCCNC(=O)c1ccc(C)c(F)c1)NC1CCCC1.I. The number of carbonyl (C=O) groups excluding carboxylic acids is 1. The normalized spacial score (nSPS) is 14.9. The van der Waals surface area contributed by atoms with Gasteiger partial charge in [-0.1, -0.05) is 18.9 Å². The Balaban J connectivity index is 0.00000288. The van der Waals surface area contributed by atoms with E-state index in [0.717, 1.165) is 5.96 Å². The molecule has 1 aliphatic carbocycles. The molecule has 1 amide bonds. The highest BCUT2D eigenvalue weighted by molar-refractivity contribution is 14.0. The summed E-state index contributed by atoms with van der Waals surface area (Å²) < 4.78 is 13.5. The van der Waals surface area contributed by atoms with Gasteiger partial charge in [-0.05, 0) is 37.5 Å². The monoisotopic (exact) mass is 448 g/mol. The third-order valence-electron chi connectivity index (χ3n) is 4.06. The van der Waals surface area contributed by atoms with Gasteiger partial charge in [0.2, 0.25) is 0 Å². The minimum atomic E-state index is -0.364. The van der Waals surface area contributed by atoms with Gasteiger partial charge in [0, 0.05) is 31.7 Å². The van der Waals surface area contributed by atoms with E-state index in [0.29, 0.717) is 30.3 Å². The molecule has 2 rings (SSSR count). The number of hydrogen-bond acceptors (Lipinski definition) is 2. The largest absolute Gasteiger partial charge is 0.355 e. The van der Waals surface area contributed by atoms with Crippen LogP contribution in [0.15, 0.2) is 23.2 Å². The lowest BCUT2D eigenvalue weighted by molar-refractivity contribution is 0.0954. The Hall–Kier alpha value is -1.38. The fourth-order valence-corrected chi connectivity index (χ4v) is 2.65. The predicted molar refractivity (Wildman–Crippen MR) is 106 cm³/mol. The molecule has 1 aromatic carbocycles. The first-order valence-electron chi connectivity index (χ1n) is 8.11. The minimum absolute atomic E-state index is 0. The van der Waals surface area contributed by atoms with Crippen LogP contribution >= 0.6 is 24.0 Å². The van der Waals surface area contributed by atoms with Crippen molar-refractivity contribution in [2.75, 3.05) is 20.1 Å². The van der Waals surface area contributed by atoms with Crippen LogP contribution in [0.5, 0.6) is 0 Å². The molecule has 134 valence electrons. The highest BCUT2D eigenvalue weighted by atomic mass is 127. The van der Waals surface area contributed by atoms with Gasteiger partial charge in [0.05, 0.1) is 0 Å². The summed E-state index contributed by atoms with van der Waals surface area (Å²) in [5.41, 5.74) is 0.867. The van der Waals surface area contributed by atoms with Gasteiger partial charge < -0.3 is 16.0 Å². The van der Waals surface area contributed by atoms with E-state index >= 15 is 0 Å². The number of halogens is 2. The average Bonchev–Trinajstić information content (AvgIpc) is 3.05. The van der Waals surface area contributed by atoms with Crippen molar-refractivity contribution in [3.05, 3.63) is 35.1 Å². The Kier molecular flexibility index (Phi) is 9.02. The van der Waals surface area contributed by atoms with E-state index in [9.17, 15) is 9.18 Å². The zero-order valence-electron chi connectivity index (χ0n) is 14.2. The molecule has 24 heavy (non-hydrogen) atoms. The standard InChI is InChI=1S/C17H25FN4O.HI/c1-12-7-8-13(11-15(12)18)16(23)20-9-10-21-17(19-2)22-14-5-3-4-6-14;/h7-8,11,14H,3-6,9-10H2,1-2H3,(H,20,23)(H2,19,21,22);1H. The molecule has 0 radical (unpaired) electrons. The Labute approximate surface area is 159 Å². The van der Waals surface area contributed by atoms with Crippen LogP contribution in [-0.4, -0.2) is 38.0 Å². The summed E-state index contributed by atoms with van der Waals surface area (Å²) in [5.74, 6) is 0.119. The molecule has 0 spiro atoms. The number of benzene rings is 1. The molecule has 1 saturated carbocycles. The predicted octanol–water partition coefficient (Wildman–Crippen LogP) is 2.59. The van der Waals surface area contributed by atoms with Crippen molar-refractivity contribution in [2.24, 2.45) is 4.99 Å². The van der Waals surface area contributed by atoms with Gasteiger partial charge >= 0.3 is 0 Å². The van der Waals surface area contributed by atoms with E-state index in [2.05, 4.69) is 20.9 Å². The number of rotatable bonds is 5. The van der Waals surface area contributed by atoms with E-state index in [1.165, 1.54) is 31.7 Å². The van der Waals surface area contributed by atoms with Crippen LogP contribution < -0.4 is 16.0 Å². The highest BCUT2D eigenvalue weighted by Crippen LogP contribution is 2.17. The average molecular weight is 448 g/mol. The number of aliphatic imine (C=N–C) groups is 1. The van der Waals surface area contributed by atoms with Crippen LogP contribution in [0, 0.1) is 12.7 Å². The molecule has 7 heteroatoms.